The molecule has 0 rings (SSSR count). The first-order chi connectivity index (χ1) is 7.75. The van der Waals surface area contributed by atoms with Gasteiger partial charge in [0.05, 0.1) is 0 Å². The van der Waals surface area contributed by atoms with Crippen molar-refractivity contribution in [1.29, 1.82) is 0 Å². The minimum Gasteiger partial charge on any atom is -0.480 e. The Labute approximate surface area is 103 Å². The highest BCUT2D eigenvalue weighted by atomic mass is 16.5. The van der Waals surface area contributed by atoms with Crippen LogP contribution in [0.15, 0.2) is 0 Å². The van der Waals surface area contributed by atoms with Crippen molar-refractivity contribution in [1.82, 2.24) is 4.90 Å². The molecule has 0 aliphatic rings. The van der Waals surface area contributed by atoms with Gasteiger partial charge in [0.2, 0.25) is 0 Å². The van der Waals surface area contributed by atoms with Crippen LogP contribution in [0.25, 0.3) is 0 Å². The molecule has 0 aromatic carbocycles. The van der Waals surface area contributed by atoms with Gasteiger partial charge in [-0.15, -0.1) is 0 Å². The van der Waals surface area contributed by atoms with Gasteiger partial charge < -0.3 is 14.7 Å². The maximum absolute atomic E-state index is 11.9. The first-order valence-electron chi connectivity index (χ1n) is 5.87. The maximum atomic E-state index is 11.9. The molecule has 0 aromatic heterocycles. The Morgan fingerprint density at radius 1 is 1.41 bits per heavy atom. The zero-order valence-electron chi connectivity index (χ0n) is 11.3. The topological polar surface area (TPSA) is 66.8 Å². The molecule has 0 aliphatic heterocycles. The van der Waals surface area contributed by atoms with E-state index in [1.54, 1.807) is 6.92 Å². The fourth-order valence-corrected chi connectivity index (χ4v) is 1.17. The van der Waals surface area contributed by atoms with Crippen LogP contribution in [0.4, 0.5) is 0 Å². The number of rotatable bonds is 7. The van der Waals surface area contributed by atoms with Crippen molar-refractivity contribution in [2.45, 2.75) is 52.2 Å². The van der Waals surface area contributed by atoms with Crippen LogP contribution in [0.1, 0.15) is 40.5 Å². The van der Waals surface area contributed by atoms with Crippen molar-refractivity contribution < 1.29 is 19.4 Å². The van der Waals surface area contributed by atoms with Gasteiger partial charge in [-0.1, -0.05) is 13.3 Å². The highest BCUT2D eigenvalue weighted by Gasteiger charge is 2.36. The van der Waals surface area contributed by atoms with Crippen molar-refractivity contribution in [3.8, 4) is 0 Å². The number of nitrogens with zero attached hydrogens (tertiary/aromatic N) is 1. The van der Waals surface area contributed by atoms with Gasteiger partial charge in [-0.2, -0.15) is 0 Å². The number of hydrogen-bond donors (Lipinski definition) is 1. The van der Waals surface area contributed by atoms with Crippen LogP contribution in [-0.2, 0) is 14.3 Å². The Balaban J connectivity index is 4.44. The van der Waals surface area contributed by atoms with Gasteiger partial charge >= 0.3 is 5.97 Å². The number of carbonyl (C=O) groups is 2. The van der Waals surface area contributed by atoms with E-state index in [0.29, 0.717) is 6.61 Å². The molecule has 0 spiro atoms. The minimum absolute atomic E-state index is 0.312. The van der Waals surface area contributed by atoms with Crippen LogP contribution in [0.2, 0.25) is 0 Å². The Morgan fingerprint density at radius 2 is 1.94 bits per heavy atom. The Hall–Kier alpha value is -1.10. The number of carboxylic acids is 1. The van der Waals surface area contributed by atoms with Crippen molar-refractivity contribution in [2.24, 2.45) is 0 Å². The Bertz CT molecular complexity index is 276. The van der Waals surface area contributed by atoms with Crippen molar-refractivity contribution in [2.75, 3.05) is 13.7 Å². The molecule has 0 aromatic rings. The molecule has 0 saturated heterocycles. The molecular weight excluding hydrogens is 222 g/mol. The highest BCUT2D eigenvalue weighted by molar-refractivity contribution is 5.88. The second kappa shape index (κ2) is 6.59. The minimum atomic E-state index is -1.22. The molecule has 17 heavy (non-hydrogen) atoms. The molecule has 0 bridgehead atoms. The van der Waals surface area contributed by atoms with Crippen molar-refractivity contribution >= 4 is 11.9 Å². The summed E-state index contributed by atoms with van der Waals surface area (Å²) in [6.07, 6.45) is 1.28. The monoisotopic (exact) mass is 245 g/mol. The normalized spacial score (nSPS) is 13.2. The van der Waals surface area contributed by atoms with Crippen LogP contribution >= 0.6 is 0 Å². The van der Waals surface area contributed by atoms with E-state index in [4.69, 9.17) is 9.84 Å². The predicted octanol–water partition coefficient (Wildman–Crippen LogP) is 1.51. The molecule has 1 amide bonds. The standard InChI is InChI=1S/C12H23NO4/c1-6-7-8-17-9(2)10(14)13(5)12(3,4)11(15)16/h9H,6-8H2,1-5H3,(H,15,16). The SMILES string of the molecule is CCCCOC(C)C(=O)N(C)C(C)(C)C(=O)O. The molecule has 1 atom stereocenters. The zero-order chi connectivity index (χ0) is 13.6. The van der Waals surface area contributed by atoms with Gasteiger partial charge in [0.1, 0.15) is 11.6 Å². The maximum Gasteiger partial charge on any atom is 0.329 e. The number of likely N-dealkylation sites (N-methyl/N-ethyl adjacent to an activating group) is 1. The molecule has 100 valence electrons. The number of hydrogen-bond acceptors (Lipinski definition) is 3. The second-order valence-corrected chi connectivity index (χ2v) is 4.63. The first-order valence-corrected chi connectivity index (χ1v) is 5.87. The average molecular weight is 245 g/mol. The number of amides is 1. The fraction of sp³-hybridized carbons (Fsp3) is 0.833. The largest absolute Gasteiger partial charge is 0.480 e. The summed E-state index contributed by atoms with van der Waals surface area (Å²) < 4.78 is 5.36. The highest BCUT2D eigenvalue weighted by Crippen LogP contribution is 2.14. The summed E-state index contributed by atoms with van der Waals surface area (Å²) in [7, 11) is 1.48. The van der Waals surface area contributed by atoms with E-state index in [1.165, 1.54) is 25.8 Å². The first kappa shape index (κ1) is 15.9. The van der Waals surface area contributed by atoms with Crippen LogP contribution < -0.4 is 0 Å². The average Bonchev–Trinajstić information content (AvgIpc) is 2.26. The number of carboxylic acid groups (broad SMARTS) is 1. The lowest BCUT2D eigenvalue weighted by Crippen LogP contribution is -2.53. The van der Waals surface area contributed by atoms with E-state index >= 15 is 0 Å². The molecule has 0 fully saturated rings. The third-order valence-corrected chi connectivity index (χ3v) is 2.91. The molecule has 0 aliphatic carbocycles. The number of ether oxygens (including phenoxy) is 1. The molecule has 5 nitrogen and oxygen atoms in total. The summed E-state index contributed by atoms with van der Waals surface area (Å²) in [5.41, 5.74) is -1.22. The van der Waals surface area contributed by atoms with Crippen LogP contribution in [0, 0.1) is 0 Å². The second-order valence-electron chi connectivity index (χ2n) is 4.63. The number of aliphatic carboxylic acids is 1. The molecule has 0 heterocycles. The number of unbranched alkanes of at least 4 members (excludes halogenated alkanes) is 1. The number of carbonyl (C=O) groups excluding carboxylic acids is 1. The van der Waals surface area contributed by atoms with Gasteiger partial charge in [-0.05, 0) is 27.2 Å². The summed E-state index contributed by atoms with van der Waals surface area (Å²) in [5, 5.41) is 9.02. The predicted molar refractivity (Wildman–Crippen MR) is 64.8 cm³/mol. The van der Waals surface area contributed by atoms with Gasteiger partial charge in [0.15, 0.2) is 0 Å². The summed E-state index contributed by atoms with van der Waals surface area (Å²) in [4.78, 5) is 24.2. The quantitative estimate of drug-likeness (QED) is 0.690. The summed E-state index contributed by atoms with van der Waals surface area (Å²) >= 11 is 0. The van der Waals surface area contributed by atoms with E-state index < -0.39 is 17.6 Å². The van der Waals surface area contributed by atoms with E-state index in [2.05, 4.69) is 0 Å². The van der Waals surface area contributed by atoms with Crippen molar-refractivity contribution in [3.63, 3.8) is 0 Å². The van der Waals surface area contributed by atoms with Gasteiger partial charge in [-0.25, -0.2) is 4.79 Å². The molecule has 0 saturated carbocycles. The van der Waals surface area contributed by atoms with Gasteiger partial charge in [-0.3, -0.25) is 4.79 Å². The van der Waals surface area contributed by atoms with E-state index in [9.17, 15) is 9.59 Å². The smallest absolute Gasteiger partial charge is 0.329 e. The lowest BCUT2D eigenvalue weighted by atomic mass is 10.0. The Kier molecular flexibility index (Phi) is 6.16. The third-order valence-electron chi connectivity index (χ3n) is 2.91. The third kappa shape index (κ3) is 4.34. The lowest BCUT2D eigenvalue weighted by Gasteiger charge is -2.33. The van der Waals surface area contributed by atoms with Gasteiger partial charge in [0, 0.05) is 13.7 Å². The van der Waals surface area contributed by atoms with Crippen LogP contribution in [0.3, 0.4) is 0 Å². The Morgan fingerprint density at radius 3 is 2.35 bits per heavy atom. The van der Waals surface area contributed by atoms with E-state index in [1.807, 2.05) is 6.92 Å². The van der Waals surface area contributed by atoms with E-state index in [-0.39, 0.29) is 5.91 Å². The molecule has 0 radical (unpaired) electrons. The molecule has 1 unspecified atom stereocenters. The summed E-state index contributed by atoms with van der Waals surface area (Å²) in [6.45, 7) is 7.19. The van der Waals surface area contributed by atoms with Crippen LogP contribution in [-0.4, -0.2) is 47.2 Å². The molecule has 1 N–H and O–H groups in total. The van der Waals surface area contributed by atoms with Crippen molar-refractivity contribution in [3.05, 3.63) is 0 Å². The summed E-state index contributed by atoms with van der Waals surface area (Å²) in [6, 6.07) is 0. The summed E-state index contributed by atoms with van der Waals surface area (Å²) in [5.74, 6) is -1.34. The van der Waals surface area contributed by atoms with Gasteiger partial charge in [0.25, 0.3) is 5.91 Å². The lowest BCUT2D eigenvalue weighted by molar-refractivity contribution is -0.160. The molecular formula is C12H23NO4. The van der Waals surface area contributed by atoms with Crippen LogP contribution in [0.5, 0.6) is 0 Å². The molecule has 5 heteroatoms. The zero-order valence-corrected chi connectivity index (χ0v) is 11.3. The fourth-order valence-electron chi connectivity index (χ4n) is 1.17. The van der Waals surface area contributed by atoms with E-state index in [0.717, 1.165) is 12.8 Å².